The van der Waals surface area contributed by atoms with Crippen molar-refractivity contribution in [3.05, 3.63) is 58.2 Å². The van der Waals surface area contributed by atoms with Gasteiger partial charge < -0.3 is 15.3 Å². The quantitative estimate of drug-likeness (QED) is 0.311. The highest BCUT2D eigenvalue weighted by atomic mass is 19.1. The fraction of sp³-hybridized carbons (Fsp3) is 0.581. The third-order valence-electron chi connectivity index (χ3n) is 6.78. The third kappa shape index (κ3) is 8.72. The van der Waals surface area contributed by atoms with Crippen LogP contribution < -0.4 is 5.32 Å². The number of nitrogens with zero attached hydrogens (tertiary/aromatic N) is 1. The first-order valence-electron chi connectivity index (χ1n) is 13.5. The summed E-state index contributed by atoms with van der Waals surface area (Å²) in [6, 6.07) is 5.64. The SMILES string of the molecule is CCCCCCCN(C)C(=O)Nc1c(F)cc(F)cc1CCc1cc(C(C)(C)C)c(O)c(C(C)(C)C)c1. The number of anilines is 1. The van der Waals surface area contributed by atoms with Crippen LogP contribution >= 0.6 is 0 Å². The molecule has 0 aromatic heterocycles. The van der Waals surface area contributed by atoms with E-state index in [0.29, 0.717) is 30.7 Å². The summed E-state index contributed by atoms with van der Waals surface area (Å²) in [5.74, 6) is -1.16. The Morgan fingerprint density at radius 1 is 0.892 bits per heavy atom. The molecule has 0 aliphatic carbocycles. The smallest absolute Gasteiger partial charge is 0.321 e. The number of unbranched alkanes of at least 4 members (excludes halogenated alkanes) is 4. The lowest BCUT2D eigenvalue weighted by atomic mass is 9.78. The van der Waals surface area contributed by atoms with Crippen LogP contribution in [0, 0.1) is 11.6 Å². The fourth-order valence-corrected chi connectivity index (χ4v) is 4.48. The molecule has 0 radical (unpaired) electrons. The third-order valence-corrected chi connectivity index (χ3v) is 6.78. The zero-order valence-electron chi connectivity index (χ0n) is 24.0. The largest absolute Gasteiger partial charge is 0.507 e. The van der Waals surface area contributed by atoms with Gasteiger partial charge in [0.05, 0.1) is 5.69 Å². The van der Waals surface area contributed by atoms with Gasteiger partial charge in [0, 0.05) is 19.7 Å². The standard InChI is InChI=1S/C31H46F2N2O2/c1-9-10-11-12-13-16-35(8)29(37)34-27-22(19-23(32)20-26(27)33)15-14-21-17-24(30(2,3)4)28(36)25(18-21)31(5,6)7/h17-20,36H,9-16H2,1-8H3,(H,34,37). The van der Waals surface area contributed by atoms with E-state index in [-0.39, 0.29) is 16.5 Å². The van der Waals surface area contributed by atoms with Crippen LogP contribution in [-0.2, 0) is 23.7 Å². The second-order valence-electron chi connectivity index (χ2n) is 12.2. The van der Waals surface area contributed by atoms with Crippen molar-refractivity contribution in [1.82, 2.24) is 4.90 Å². The van der Waals surface area contributed by atoms with Crippen molar-refractivity contribution in [3.8, 4) is 5.75 Å². The van der Waals surface area contributed by atoms with Crippen molar-refractivity contribution in [2.24, 2.45) is 0 Å². The molecule has 2 rings (SSSR count). The van der Waals surface area contributed by atoms with Gasteiger partial charge in [0.1, 0.15) is 17.4 Å². The summed E-state index contributed by atoms with van der Waals surface area (Å²) in [6.07, 6.45) is 6.23. The van der Waals surface area contributed by atoms with Crippen molar-refractivity contribution >= 4 is 11.7 Å². The van der Waals surface area contributed by atoms with E-state index in [1.165, 1.54) is 12.5 Å². The number of hydrogen-bond donors (Lipinski definition) is 2. The molecule has 2 N–H and O–H groups in total. The molecule has 4 nitrogen and oxygen atoms in total. The van der Waals surface area contributed by atoms with Gasteiger partial charge in [0.25, 0.3) is 0 Å². The number of rotatable bonds is 10. The molecule has 0 fully saturated rings. The minimum absolute atomic E-state index is 0.0232. The molecule has 2 aromatic rings. The lowest BCUT2D eigenvalue weighted by molar-refractivity contribution is 0.221. The van der Waals surface area contributed by atoms with E-state index < -0.39 is 17.7 Å². The van der Waals surface area contributed by atoms with Crippen LogP contribution in [0.4, 0.5) is 19.3 Å². The van der Waals surface area contributed by atoms with Crippen LogP contribution in [0.5, 0.6) is 5.75 Å². The summed E-state index contributed by atoms with van der Waals surface area (Å²) in [7, 11) is 1.69. The summed E-state index contributed by atoms with van der Waals surface area (Å²) in [5.41, 5.74) is 2.54. The van der Waals surface area contributed by atoms with Gasteiger partial charge in [-0.15, -0.1) is 0 Å². The van der Waals surface area contributed by atoms with E-state index in [1.54, 1.807) is 11.9 Å². The number of aromatic hydroxyl groups is 1. The van der Waals surface area contributed by atoms with E-state index in [9.17, 15) is 18.7 Å². The van der Waals surface area contributed by atoms with E-state index in [0.717, 1.165) is 48.4 Å². The van der Waals surface area contributed by atoms with Crippen molar-refractivity contribution in [1.29, 1.82) is 0 Å². The predicted molar refractivity (Wildman–Crippen MR) is 150 cm³/mol. The number of amides is 2. The number of carbonyl (C=O) groups excluding carboxylic acids is 1. The number of halogens is 2. The zero-order valence-corrected chi connectivity index (χ0v) is 24.0. The van der Waals surface area contributed by atoms with Crippen molar-refractivity contribution in [2.75, 3.05) is 18.9 Å². The maximum Gasteiger partial charge on any atom is 0.321 e. The number of urea groups is 1. The molecular formula is C31H46F2N2O2. The lowest BCUT2D eigenvalue weighted by Crippen LogP contribution is -2.32. The summed E-state index contributed by atoms with van der Waals surface area (Å²) in [6.45, 7) is 15.0. The number of aryl methyl sites for hydroxylation is 2. The summed E-state index contributed by atoms with van der Waals surface area (Å²) in [4.78, 5) is 14.3. The normalized spacial score (nSPS) is 12.1. The second-order valence-corrected chi connectivity index (χ2v) is 12.2. The summed E-state index contributed by atoms with van der Waals surface area (Å²) in [5, 5.41) is 13.7. The highest BCUT2D eigenvalue weighted by Gasteiger charge is 2.26. The van der Waals surface area contributed by atoms with E-state index in [1.807, 2.05) is 53.7 Å². The molecule has 0 spiro atoms. The average molecular weight is 517 g/mol. The molecule has 0 saturated heterocycles. The van der Waals surface area contributed by atoms with Crippen LogP contribution in [0.3, 0.4) is 0 Å². The number of carbonyl (C=O) groups is 1. The van der Waals surface area contributed by atoms with Gasteiger partial charge in [0.2, 0.25) is 0 Å². The van der Waals surface area contributed by atoms with E-state index in [2.05, 4.69) is 12.2 Å². The van der Waals surface area contributed by atoms with Crippen molar-refractivity contribution in [2.45, 2.75) is 104 Å². The molecule has 206 valence electrons. The Morgan fingerprint density at radius 3 is 2.00 bits per heavy atom. The lowest BCUT2D eigenvalue weighted by Gasteiger charge is -2.28. The first kappa shape index (κ1) is 30.6. The monoisotopic (exact) mass is 516 g/mol. The molecule has 0 aliphatic heterocycles. The molecule has 2 aromatic carbocycles. The van der Waals surface area contributed by atoms with Crippen LogP contribution in [0.2, 0.25) is 0 Å². The first-order valence-corrected chi connectivity index (χ1v) is 13.5. The highest BCUT2D eigenvalue weighted by Crippen LogP contribution is 2.40. The topological polar surface area (TPSA) is 52.6 Å². The number of nitrogens with one attached hydrogen (secondary N) is 1. The van der Waals surface area contributed by atoms with Gasteiger partial charge in [-0.1, -0.05) is 86.3 Å². The predicted octanol–water partition coefficient (Wildman–Crippen LogP) is 8.48. The number of phenols is 1. The molecule has 0 saturated carbocycles. The molecule has 6 heteroatoms. The van der Waals surface area contributed by atoms with E-state index >= 15 is 0 Å². The maximum atomic E-state index is 14.8. The maximum absolute atomic E-state index is 14.8. The Labute approximate surface area is 222 Å². The Hall–Kier alpha value is -2.63. The van der Waals surface area contributed by atoms with E-state index in [4.69, 9.17) is 0 Å². The van der Waals surface area contributed by atoms with Gasteiger partial charge in [-0.25, -0.2) is 13.6 Å². The van der Waals surface area contributed by atoms with Gasteiger partial charge in [-0.05, 0) is 58.4 Å². The number of benzene rings is 2. The van der Waals surface area contributed by atoms with Crippen molar-refractivity contribution < 1.29 is 18.7 Å². The summed E-state index contributed by atoms with van der Waals surface area (Å²) >= 11 is 0. The van der Waals surface area contributed by atoms with Gasteiger partial charge in [0.15, 0.2) is 0 Å². The second kappa shape index (κ2) is 12.7. The number of phenolic OH excluding ortho intramolecular Hbond substituents is 1. The molecule has 0 atom stereocenters. The molecule has 2 amide bonds. The van der Waals surface area contributed by atoms with Crippen LogP contribution in [0.1, 0.15) is 103 Å². The minimum atomic E-state index is -0.781. The van der Waals surface area contributed by atoms with Gasteiger partial charge >= 0.3 is 6.03 Å². The highest BCUT2D eigenvalue weighted by molar-refractivity contribution is 5.90. The van der Waals surface area contributed by atoms with Gasteiger partial charge in [-0.3, -0.25) is 0 Å². The molecular weight excluding hydrogens is 470 g/mol. The zero-order chi connectivity index (χ0) is 28.0. The first-order chi connectivity index (χ1) is 17.1. The van der Waals surface area contributed by atoms with Crippen molar-refractivity contribution in [3.63, 3.8) is 0 Å². The van der Waals surface area contributed by atoms with Gasteiger partial charge in [-0.2, -0.15) is 0 Å². The average Bonchev–Trinajstić information content (AvgIpc) is 2.78. The summed E-state index contributed by atoms with van der Waals surface area (Å²) < 4.78 is 29.0. The Morgan fingerprint density at radius 2 is 1.46 bits per heavy atom. The van der Waals surface area contributed by atoms with Crippen LogP contribution in [-0.4, -0.2) is 29.6 Å². The Balaban J connectivity index is 2.27. The van der Waals surface area contributed by atoms with Crippen LogP contribution in [0.25, 0.3) is 0 Å². The minimum Gasteiger partial charge on any atom is -0.507 e. The molecule has 0 heterocycles. The van der Waals surface area contributed by atoms with Crippen LogP contribution in [0.15, 0.2) is 24.3 Å². The molecule has 0 aliphatic rings. The molecule has 0 bridgehead atoms. The molecule has 0 unspecified atom stereocenters. The number of hydrogen-bond acceptors (Lipinski definition) is 2. The Kier molecular flexibility index (Phi) is 10.5. The molecule has 37 heavy (non-hydrogen) atoms. The Bertz CT molecular complexity index is 1030. The fourth-order valence-electron chi connectivity index (χ4n) is 4.48.